The molecule has 4 heteroatoms. The van der Waals surface area contributed by atoms with E-state index in [0.29, 0.717) is 5.92 Å². The number of aromatic nitrogens is 4. The van der Waals surface area contributed by atoms with Crippen LogP contribution in [-0.2, 0) is 5.41 Å². The van der Waals surface area contributed by atoms with E-state index >= 15 is 0 Å². The Bertz CT molecular complexity index is 971. The molecule has 29 heavy (non-hydrogen) atoms. The van der Waals surface area contributed by atoms with Gasteiger partial charge in [0.2, 0.25) is 0 Å². The van der Waals surface area contributed by atoms with Gasteiger partial charge in [-0.15, -0.1) is 0 Å². The van der Waals surface area contributed by atoms with E-state index in [-0.39, 0.29) is 5.41 Å². The molecule has 0 spiro atoms. The number of rotatable bonds is 1. The molecule has 0 amide bonds. The van der Waals surface area contributed by atoms with Crippen LogP contribution in [0.1, 0.15) is 79.5 Å². The van der Waals surface area contributed by atoms with E-state index in [1.54, 1.807) is 6.20 Å². The van der Waals surface area contributed by atoms with Gasteiger partial charge in [0.1, 0.15) is 0 Å². The molecule has 4 nitrogen and oxygen atoms in total. The van der Waals surface area contributed by atoms with E-state index in [1.807, 2.05) is 64.7 Å². The zero-order valence-electron chi connectivity index (χ0n) is 19.6. The van der Waals surface area contributed by atoms with Gasteiger partial charge in [-0.25, -0.2) is 0 Å². The normalized spacial score (nSPS) is 10.6. The average Bonchev–Trinajstić information content (AvgIpc) is 3.37. The molecule has 0 aliphatic rings. The van der Waals surface area contributed by atoms with Crippen LogP contribution in [0.5, 0.6) is 0 Å². The van der Waals surface area contributed by atoms with Crippen LogP contribution in [0, 0.1) is 0 Å². The largest absolute Gasteiger partial charge is 0.321 e. The third-order valence-electron chi connectivity index (χ3n) is 4.28. The van der Waals surface area contributed by atoms with Crippen molar-refractivity contribution in [2.24, 2.45) is 0 Å². The van der Waals surface area contributed by atoms with Gasteiger partial charge >= 0.3 is 0 Å². The summed E-state index contributed by atoms with van der Waals surface area (Å²) in [5, 5.41) is 0. The molecule has 0 unspecified atom stereocenters. The maximum atomic E-state index is 4.43. The predicted molar refractivity (Wildman–Crippen MR) is 126 cm³/mol. The molecule has 0 aliphatic heterocycles. The third-order valence-corrected chi connectivity index (χ3v) is 4.28. The van der Waals surface area contributed by atoms with Crippen LogP contribution in [0.2, 0.25) is 0 Å². The minimum absolute atomic E-state index is 0.112. The van der Waals surface area contributed by atoms with Crippen LogP contribution in [-0.4, -0.2) is 18.8 Å². The smallest absolute Gasteiger partial charge is 0.0697 e. The average molecular weight is 395 g/mol. The highest BCUT2D eigenvalue weighted by Gasteiger charge is 2.18. The summed E-state index contributed by atoms with van der Waals surface area (Å²) in [5.41, 5.74) is 5.05. The lowest BCUT2D eigenvalue weighted by Gasteiger charge is -2.18. The molecule has 0 saturated carbocycles. The van der Waals surface area contributed by atoms with Crippen LogP contribution in [0.4, 0.5) is 0 Å². The SMILES string of the molecule is CC.CC.CC(C)(C)c1nccn2cccc12.CC(C)c1ccn2ccncc12. The van der Waals surface area contributed by atoms with Crippen LogP contribution in [0.3, 0.4) is 0 Å². The first-order valence-electron chi connectivity index (χ1n) is 10.7. The minimum Gasteiger partial charge on any atom is -0.321 e. The zero-order valence-corrected chi connectivity index (χ0v) is 19.6. The fraction of sp³-hybridized carbons (Fsp3) is 0.440. The molecule has 0 saturated heterocycles. The van der Waals surface area contributed by atoms with Crippen LogP contribution < -0.4 is 0 Å². The Morgan fingerprint density at radius 2 is 1.41 bits per heavy atom. The fourth-order valence-electron chi connectivity index (χ4n) is 3.01. The van der Waals surface area contributed by atoms with Crippen LogP contribution in [0.15, 0.2) is 61.6 Å². The van der Waals surface area contributed by atoms with Gasteiger partial charge in [-0.3, -0.25) is 9.97 Å². The Hall–Kier alpha value is -2.62. The van der Waals surface area contributed by atoms with Crippen molar-refractivity contribution in [3.63, 3.8) is 0 Å². The summed E-state index contributed by atoms with van der Waals surface area (Å²) in [5.74, 6) is 0.569. The van der Waals surface area contributed by atoms with E-state index in [2.05, 4.69) is 71.7 Å². The van der Waals surface area contributed by atoms with Crippen molar-refractivity contribution in [3.8, 4) is 0 Å². The lowest BCUT2D eigenvalue weighted by molar-refractivity contribution is 0.572. The summed E-state index contributed by atoms with van der Waals surface area (Å²) >= 11 is 0. The van der Waals surface area contributed by atoms with Gasteiger partial charge in [-0.05, 0) is 29.7 Å². The number of hydrogen-bond donors (Lipinski definition) is 0. The van der Waals surface area contributed by atoms with E-state index in [1.165, 1.54) is 16.6 Å². The highest BCUT2D eigenvalue weighted by molar-refractivity contribution is 5.55. The number of fused-ring (bicyclic) bond motifs is 2. The standard InChI is InChI=1S/C11H14N2.C10H12N2.2C2H6/c1-11(2,3)10-9-5-4-7-13(9)8-6-12-10;1-8(2)9-3-5-12-6-4-11-7-10(9)12;2*1-2/h4-8H,1-3H3;3-8H,1-2H3;2*1-2H3. The second kappa shape index (κ2) is 11.4. The molecule has 0 aromatic carbocycles. The molecule has 4 heterocycles. The summed E-state index contributed by atoms with van der Waals surface area (Å²) in [6.07, 6.45) is 13.6. The second-order valence-corrected chi connectivity index (χ2v) is 7.62. The fourth-order valence-corrected chi connectivity index (χ4v) is 3.01. The molecule has 158 valence electrons. The number of hydrogen-bond acceptors (Lipinski definition) is 2. The Kier molecular flexibility index (Phi) is 9.60. The topological polar surface area (TPSA) is 34.6 Å². The van der Waals surface area contributed by atoms with Crippen molar-refractivity contribution >= 4 is 11.0 Å². The maximum Gasteiger partial charge on any atom is 0.0697 e. The molecule has 4 rings (SSSR count). The zero-order chi connectivity index (χ0) is 22.0. The monoisotopic (exact) mass is 394 g/mol. The van der Waals surface area contributed by atoms with Crippen LogP contribution in [0.25, 0.3) is 11.0 Å². The van der Waals surface area contributed by atoms with Gasteiger partial charge in [0, 0.05) is 42.6 Å². The maximum absolute atomic E-state index is 4.43. The van der Waals surface area contributed by atoms with Crippen molar-refractivity contribution in [1.29, 1.82) is 0 Å². The van der Waals surface area contributed by atoms with Crippen molar-refractivity contribution < 1.29 is 0 Å². The van der Waals surface area contributed by atoms with Crippen molar-refractivity contribution in [3.05, 3.63) is 72.8 Å². The summed E-state index contributed by atoms with van der Waals surface area (Å²) < 4.78 is 4.20. The van der Waals surface area contributed by atoms with Gasteiger partial charge in [0.25, 0.3) is 0 Å². The Morgan fingerprint density at radius 3 is 2.03 bits per heavy atom. The quantitative estimate of drug-likeness (QED) is 0.344. The van der Waals surface area contributed by atoms with Gasteiger partial charge in [-0.1, -0.05) is 62.3 Å². The third kappa shape index (κ3) is 6.18. The lowest BCUT2D eigenvalue weighted by atomic mass is 9.91. The molecule has 0 fully saturated rings. The summed E-state index contributed by atoms with van der Waals surface area (Å²) in [6, 6.07) is 6.31. The second-order valence-electron chi connectivity index (χ2n) is 7.62. The summed E-state index contributed by atoms with van der Waals surface area (Å²) in [7, 11) is 0. The highest BCUT2D eigenvalue weighted by atomic mass is 14.9. The Balaban J connectivity index is 0.000000248. The summed E-state index contributed by atoms with van der Waals surface area (Å²) in [6.45, 7) is 18.9. The van der Waals surface area contributed by atoms with Crippen molar-refractivity contribution in [2.75, 3.05) is 0 Å². The molecule has 0 N–H and O–H groups in total. The molecule has 4 aromatic rings. The van der Waals surface area contributed by atoms with E-state index < -0.39 is 0 Å². The molecular formula is C25H38N4. The van der Waals surface area contributed by atoms with E-state index in [0.717, 1.165) is 5.69 Å². The first-order valence-corrected chi connectivity index (χ1v) is 10.7. The van der Waals surface area contributed by atoms with Crippen molar-refractivity contribution in [2.45, 2.75) is 73.6 Å². The Morgan fingerprint density at radius 1 is 0.793 bits per heavy atom. The van der Waals surface area contributed by atoms with Crippen molar-refractivity contribution in [1.82, 2.24) is 18.8 Å². The minimum atomic E-state index is 0.112. The van der Waals surface area contributed by atoms with Gasteiger partial charge in [-0.2, -0.15) is 0 Å². The molecule has 0 atom stereocenters. The number of nitrogens with zero attached hydrogens (tertiary/aromatic N) is 4. The van der Waals surface area contributed by atoms with E-state index in [4.69, 9.17) is 0 Å². The van der Waals surface area contributed by atoms with Crippen LogP contribution >= 0.6 is 0 Å². The van der Waals surface area contributed by atoms with Gasteiger partial charge in [0.05, 0.1) is 22.9 Å². The summed E-state index contributed by atoms with van der Waals surface area (Å²) in [4.78, 5) is 8.54. The molecule has 0 bridgehead atoms. The molecular weight excluding hydrogens is 356 g/mol. The predicted octanol–water partition coefficient (Wildman–Crippen LogP) is 7.14. The van der Waals surface area contributed by atoms with Gasteiger partial charge < -0.3 is 8.80 Å². The molecule has 0 aliphatic carbocycles. The van der Waals surface area contributed by atoms with Gasteiger partial charge in [0.15, 0.2) is 0 Å². The molecule has 0 radical (unpaired) electrons. The molecule has 4 aromatic heterocycles. The Labute approximate surface area is 176 Å². The lowest BCUT2D eigenvalue weighted by Crippen LogP contribution is -2.14. The highest BCUT2D eigenvalue weighted by Crippen LogP contribution is 2.24. The first-order chi connectivity index (χ1) is 13.9. The van der Waals surface area contributed by atoms with E-state index in [9.17, 15) is 0 Å². The first kappa shape index (κ1) is 24.4.